The smallest absolute Gasteiger partial charge is 0.334 e. The molecule has 1 fully saturated rings. The molecule has 1 saturated carbocycles. The molecule has 0 N–H and O–H groups in total. The fourth-order valence-corrected chi connectivity index (χ4v) is 1.79. The van der Waals surface area contributed by atoms with Crippen LogP contribution in [0.15, 0.2) is 24.3 Å². The highest BCUT2D eigenvalue weighted by atomic mass is 16.5. The zero-order chi connectivity index (χ0) is 11.3. The SMILES string of the molecule is C=C/C=C(/C(=O)OCC)[C@H]1CCC(=O)C1. The standard InChI is InChI=1S/C12H16O3/c1-3-5-11(12(14)15-4-2)9-6-7-10(13)8-9/h3,5,9H,1,4,6-8H2,2H3/b11-5+/t9-/m0/s1. The summed E-state index contributed by atoms with van der Waals surface area (Å²) in [4.78, 5) is 22.7. The monoisotopic (exact) mass is 208 g/mol. The molecule has 1 atom stereocenters. The molecular weight excluding hydrogens is 192 g/mol. The van der Waals surface area contributed by atoms with Crippen molar-refractivity contribution in [2.75, 3.05) is 6.61 Å². The summed E-state index contributed by atoms with van der Waals surface area (Å²) in [5.41, 5.74) is 0.581. The van der Waals surface area contributed by atoms with Crippen molar-refractivity contribution in [1.29, 1.82) is 0 Å². The van der Waals surface area contributed by atoms with Crippen molar-refractivity contribution in [1.82, 2.24) is 0 Å². The minimum Gasteiger partial charge on any atom is -0.463 e. The van der Waals surface area contributed by atoms with Crippen molar-refractivity contribution in [2.45, 2.75) is 26.2 Å². The average Bonchev–Trinajstić information content (AvgIpc) is 2.61. The van der Waals surface area contributed by atoms with Crippen LogP contribution in [0, 0.1) is 5.92 Å². The van der Waals surface area contributed by atoms with Crippen LogP contribution in [-0.4, -0.2) is 18.4 Å². The molecule has 82 valence electrons. The number of carbonyl (C=O) groups is 2. The van der Waals surface area contributed by atoms with Crippen LogP contribution in [0.2, 0.25) is 0 Å². The lowest BCUT2D eigenvalue weighted by molar-refractivity contribution is -0.139. The summed E-state index contributed by atoms with van der Waals surface area (Å²) in [5.74, 6) is -0.0779. The van der Waals surface area contributed by atoms with E-state index in [2.05, 4.69) is 6.58 Å². The van der Waals surface area contributed by atoms with Gasteiger partial charge in [-0.05, 0) is 19.3 Å². The molecule has 1 aliphatic carbocycles. The van der Waals surface area contributed by atoms with E-state index in [4.69, 9.17) is 4.74 Å². The van der Waals surface area contributed by atoms with Gasteiger partial charge < -0.3 is 4.74 Å². The Balaban J connectivity index is 2.74. The number of carbonyl (C=O) groups excluding carboxylic acids is 2. The molecule has 0 aromatic carbocycles. The number of ketones is 1. The molecule has 1 rings (SSSR count). The zero-order valence-electron chi connectivity index (χ0n) is 8.99. The Morgan fingerprint density at radius 1 is 1.67 bits per heavy atom. The highest BCUT2D eigenvalue weighted by Crippen LogP contribution is 2.29. The number of allylic oxidation sites excluding steroid dienone is 2. The Bertz CT molecular complexity index is 302. The Kier molecular flexibility index (Phi) is 4.28. The topological polar surface area (TPSA) is 43.4 Å². The minimum absolute atomic E-state index is 0.0227. The van der Waals surface area contributed by atoms with Crippen molar-refractivity contribution in [3.05, 3.63) is 24.3 Å². The second-order valence-corrected chi connectivity index (χ2v) is 3.56. The van der Waals surface area contributed by atoms with Gasteiger partial charge in [-0.15, -0.1) is 0 Å². The predicted octanol–water partition coefficient (Wildman–Crippen LogP) is 2.03. The maximum absolute atomic E-state index is 11.6. The number of Topliss-reactive ketones (excluding diaryl/α,β-unsaturated/α-hetero) is 1. The van der Waals surface area contributed by atoms with E-state index in [-0.39, 0.29) is 17.7 Å². The largest absolute Gasteiger partial charge is 0.463 e. The Hall–Kier alpha value is -1.38. The van der Waals surface area contributed by atoms with Gasteiger partial charge in [-0.2, -0.15) is 0 Å². The summed E-state index contributed by atoms with van der Waals surface area (Å²) in [5, 5.41) is 0. The maximum Gasteiger partial charge on any atom is 0.334 e. The van der Waals surface area contributed by atoms with Gasteiger partial charge in [0, 0.05) is 18.4 Å². The second-order valence-electron chi connectivity index (χ2n) is 3.56. The average molecular weight is 208 g/mol. The summed E-state index contributed by atoms with van der Waals surface area (Å²) in [6.45, 7) is 5.69. The Morgan fingerprint density at radius 2 is 2.40 bits per heavy atom. The van der Waals surface area contributed by atoms with Crippen molar-refractivity contribution in [2.24, 2.45) is 5.92 Å². The number of rotatable bonds is 4. The van der Waals surface area contributed by atoms with Crippen LogP contribution in [0.4, 0.5) is 0 Å². The summed E-state index contributed by atoms with van der Waals surface area (Å²) in [6.07, 6.45) is 4.99. The number of hydrogen-bond donors (Lipinski definition) is 0. The highest BCUT2D eigenvalue weighted by Gasteiger charge is 2.29. The van der Waals surface area contributed by atoms with E-state index >= 15 is 0 Å². The van der Waals surface area contributed by atoms with Crippen LogP contribution < -0.4 is 0 Å². The molecule has 0 amide bonds. The van der Waals surface area contributed by atoms with Crippen LogP contribution in [-0.2, 0) is 14.3 Å². The van der Waals surface area contributed by atoms with Gasteiger partial charge in [0.2, 0.25) is 0 Å². The molecule has 0 spiro atoms. The first-order chi connectivity index (χ1) is 7.19. The van der Waals surface area contributed by atoms with E-state index in [0.29, 0.717) is 25.0 Å². The molecule has 1 aliphatic rings. The lowest BCUT2D eigenvalue weighted by Crippen LogP contribution is -2.14. The fraction of sp³-hybridized carbons (Fsp3) is 0.500. The van der Waals surface area contributed by atoms with Crippen LogP contribution >= 0.6 is 0 Å². The number of ether oxygens (including phenoxy) is 1. The Labute approximate surface area is 89.8 Å². The van der Waals surface area contributed by atoms with Gasteiger partial charge in [-0.3, -0.25) is 4.79 Å². The second kappa shape index (κ2) is 5.49. The fourth-order valence-electron chi connectivity index (χ4n) is 1.79. The van der Waals surface area contributed by atoms with Gasteiger partial charge in [-0.1, -0.05) is 18.7 Å². The van der Waals surface area contributed by atoms with Gasteiger partial charge in [0.15, 0.2) is 0 Å². The van der Waals surface area contributed by atoms with Gasteiger partial charge >= 0.3 is 5.97 Å². The van der Waals surface area contributed by atoms with Gasteiger partial charge in [0.05, 0.1) is 6.61 Å². The zero-order valence-corrected chi connectivity index (χ0v) is 8.99. The number of hydrogen-bond acceptors (Lipinski definition) is 3. The highest BCUT2D eigenvalue weighted by molar-refractivity contribution is 5.92. The van der Waals surface area contributed by atoms with Crippen molar-refractivity contribution >= 4 is 11.8 Å². The first kappa shape index (κ1) is 11.7. The molecule has 0 aliphatic heterocycles. The summed E-state index contributed by atoms with van der Waals surface area (Å²) in [7, 11) is 0. The van der Waals surface area contributed by atoms with E-state index in [1.807, 2.05) is 0 Å². The lowest BCUT2D eigenvalue weighted by atomic mass is 9.97. The molecule has 15 heavy (non-hydrogen) atoms. The molecule has 0 aromatic rings. The van der Waals surface area contributed by atoms with Crippen LogP contribution in [0.25, 0.3) is 0 Å². The lowest BCUT2D eigenvalue weighted by Gasteiger charge is -2.11. The molecular formula is C12H16O3. The first-order valence-electron chi connectivity index (χ1n) is 5.20. The van der Waals surface area contributed by atoms with E-state index in [1.54, 1.807) is 19.1 Å². The van der Waals surface area contributed by atoms with Crippen molar-refractivity contribution in [3.63, 3.8) is 0 Å². The molecule has 3 heteroatoms. The summed E-state index contributed by atoms with van der Waals surface area (Å²) >= 11 is 0. The van der Waals surface area contributed by atoms with E-state index in [0.717, 1.165) is 6.42 Å². The number of esters is 1. The summed E-state index contributed by atoms with van der Waals surface area (Å²) in [6, 6.07) is 0. The molecule has 0 radical (unpaired) electrons. The molecule has 0 unspecified atom stereocenters. The third-order valence-electron chi connectivity index (χ3n) is 2.49. The predicted molar refractivity (Wildman–Crippen MR) is 57.3 cm³/mol. The van der Waals surface area contributed by atoms with Gasteiger partial charge in [-0.25, -0.2) is 4.79 Å². The molecule has 3 nitrogen and oxygen atoms in total. The molecule has 0 saturated heterocycles. The molecule has 0 aromatic heterocycles. The van der Waals surface area contributed by atoms with Crippen molar-refractivity contribution in [3.8, 4) is 0 Å². The van der Waals surface area contributed by atoms with E-state index < -0.39 is 0 Å². The quantitative estimate of drug-likeness (QED) is 0.403. The van der Waals surface area contributed by atoms with E-state index in [9.17, 15) is 9.59 Å². The third-order valence-corrected chi connectivity index (χ3v) is 2.49. The molecule has 0 bridgehead atoms. The third kappa shape index (κ3) is 3.05. The first-order valence-corrected chi connectivity index (χ1v) is 5.20. The minimum atomic E-state index is -0.322. The summed E-state index contributed by atoms with van der Waals surface area (Å²) < 4.78 is 4.94. The van der Waals surface area contributed by atoms with Gasteiger partial charge in [0.25, 0.3) is 0 Å². The van der Waals surface area contributed by atoms with Crippen LogP contribution in [0.1, 0.15) is 26.2 Å². The Morgan fingerprint density at radius 3 is 2.87 bits per heavy atom. The van der Waals surface area contributed by atoms with Crippen molar-refractivity contribution < 1.29 is 14.3 Å². The van der Waals surface area contributed by atoms with Gasteiger partial charge in [0.1, 0.15) is 5.78 Å². The molecule has 0 heterocycles. The van der Waals surface area contributed by atoms with Crippen LogP contribution in [0.3, 0.4) is 0 Å². The maximum atomic E-state index is 11.6. The van der Waals surface area contributed by atoms with Crippen LogP contribution in [0.5, 0.6) is 0 Å². The van der Waals surface area contributed by atoms with E-state index in [1.165, 1.54) is 0 Å². The normalized spacial score (nSPS) is 21.5.